The van der Waals surface area contributed by atoms with Crippen molar-refractivity contribution < 1.29 is 22.7 Å². The molecule has 0 aromatic carbocycles. The third kappa shape index (κ3) is 2.66. The van der Waals surface area contributed by atoms with Gasteiger partial charge in [-0.05, 0) is 19.7 Å². The van der Waals surface area contributed by atoms with Gasteiger partial charge >= 0.3 is 6.18 Å². The van der Waals surface area contributed by atoms with Gasteiger partial charge in [-0.1, -0.05) is 6.58 Å². The molecular formula is C8H9F4NO. The lowest BCUT2D eigenvalue weighted by molar-refractivity contribution is -0.237. The van der Waals surface area contributed by atoms with Crippen molar-refractivity contribution in [2.75, 3.05) is 0 Å². The Kier molecular flexibility index (Phi) is 3.59. The molecule has 0 aliphatic heterocycles. The molecule has 0 bridgehead atoms. The highest BCUT2D eigenvalue weighted by Gasteiger charge is 2.52. The summed E-state index contributed by atoms with van der Waals surface area (Å²) in [5.74, 6) is -1.14. The Morgan fingerprint density at radius 3 is 2.07 bits per heavy atom. The zero-order chi connectivity index (χ0) is 11.6. The molecule has 0 amide bonds. The van der Waals surface area contributed by atoms with E-state index in [4.69, 9.17) is 5.11 Å². The van der Waals surface area contributed by atoms with Crippen LogP contribution in [0, 0.1) is 0 Å². The molecule has 80 valence electrons. The Labute approximate surface area is 78.3 Å². The first-order valence-corrected chi connectivity index (χ1v) is 3.45. The molecule has 0 saturated carbocycles. The Bertz CT molecular complexity index is 278. The van der Waals surface area contributed by atoms with Gasteiger partial charge in [0, 0.05) is 0 Å². The average Bonchev–Trinajstić information content (AvgIpc) is 1.97. The van der Waals surface area contributed by atoms with Crippen molar-refractivity contribution in [3.05, 3.63) is 24.2 Å². The maximum absolute atomic E-state index is 12.2. The number of hydrogen-bond acceptors (Lipinski definition) is 2. The van der Waals surface area contributed by atoms with Crippen molar-refractivity contribution >= 4 is 6.72 Å². The molecule has 0 saturated heterocycles. The molecule has 0 heterocycles. The van der Waals surface area contributed by atoms with Crippen LogP contribution in [0.2, 0.25) is 0 Å². The zero-order valence-electron chi connectivity index (χ0n) is 7.40. The van der Waals surface area contributed by atoms with Gasteiger partial charge in [-0.3, -0.25) is 4.99 Å². The minimum absolute atomic E-state index is 0.375. The first-order valence-electron chi connectivity index (χ1n) is 3.45. The standard InChI is InChI=1S/C8H9F4NO/c1-5(9)4-6(13-3)7(2,14)8(10,11)12/h4,14H,1,3H2,2H3/b6-4-. The lowest BCUT2D eigenvalue weighted by Crippen LogP contribution is -2.43. The van der Waals surface area contributed by atoms with Gasteiger partial charge in [0.05, 0.1) is 5.70 Å². The second-order valence-electron chi connectivity index (χ2n) is 2.70. The van der Waals surface area contributed by atoms with Crippen LogP contribution < -0.4 is 0 Å². The molecule has 1 atom stereocenters. The number of allylic oxidation sites excluding steroid dienone is 2. The second-order valence-corrected chi connectivity index (χ2v) is 2.70. The summed E-state index contributed by atoms with van der Waals surface area (Å²) in [4.78, 5) is 2.91. The molecule has 0 aliphatic rings. The normalized spacial score (nSPS) is 17.4. The van der Waals surface area contributed by atoms with E-state index in [1.54, 1.807) is 0 Å². The maximum Gasteiger partial charge on any atom is 0.422 e. The molecule has 0 fully saturated rings. The van der Waals surface area contributed by atoms with Crippen LogP contribution in [0.15, 0.2) is 29.2 Å². The molecule has 0 aromatic rings. The predicted molar refractivity (Wildman–Crippen MR) is 44.6 cm³/mol. The molecule has 1 unspecified atom stereocenters. The number of nitrogens with zero attached hydrogens (tertiary/aromatic N) is 1. The molecule has 6 heteroatoms. The number of rotatable bonds is 3. The van der Waals surface area contributed by atoms with E-state index in [1.165, 1.54) is 0 Å². The SMILES string of the molecule is C=N/C(=C\C(=C)F)C(C)(O)C(F)(F)F. The van der Waals surface area contributed by atoms with Crippen molar-refractivity contribution in [3.8, 4) is 0 Å². The fourth-order valence-corrected chi connectivity index (χ4v) is 0.634. The maximum atomic E-state index is 12.2. The molecule has 2 nitrogen and oxygen atoms in total. The van der Waals surface area contributed by atoms with E-state index < -0.39 is 23.3 Å². The fraction of sp³-hybridized carbons (Fsp3) is 0.375. The average molecular weight is 211 g/mol. The number of halogens is 4. The van der Waals surface area contributed by atoms with E-state index in [0.29, 0.717) is 13.0 Å². The molecular weight excluding hydrogens is 202 g/mol. The fourth-order valence-electron chi connectivity index (χ4n) is 0.634. The van der Waals surface area contributed by atoms with Crippen molar-refractivity contribution in [1.82, 2.24) is 0 Å². The van der Waals surface area contributed by atoms with E-state index in [0.717, 1.165) is 0 Å². The number of aliphatic imine (C=N–C) groups is 1. The molecule has 0 rings (SSSR count). The second kappa shape index (κ2) is 3.91. The summed E-state index contributed by atoms with van der Waals surface area (Å²) < 4.78 is 48.8. The van der Waals surface area contributed by atoms with Gasteiger partial charge in [0.1, 0.15) is 5.83 Å². The first-order chi connectivity index (χ1) is 6.13. The van der Waals surface area contributed by atoms with E-state index in [2.05, 4.69) is 18.3 Å². The molecule has 1 N–H and O–H groups in total. The van der Waals surface area contributed by atoms with Crippen LogP contribution in [0.1, 0.15) is 6.92 Å². The number of hydrogen-bond donors (Lipinski definition) is 1. The summed E-state index contributed by atoms with van der Waals surface area (Å²) in [6, 6.07) is 0. The Morgan fingerprint density at radius 2 is 1.86 bits per heavy atom. The highest BCUT2D eigenvalue weighted by atomic mass is 19.4. The van der Waals surface area contributed by atoms with Crippen LogP contribution in [-0.2, 0) is 0 Å². The molecule has 0 aromatic heterocycles. The molecule has 0 aliphatic carbocycles. The lowest BCUT2D eigenvalue weighted by Gasteiger charge is -2.26. The van der Waals surface area contributed by atoms with Crippen molar-refractivity contribution in [2.45, 2.75) is 18.7 Å². The predicted octanol–water partition coefficient (Wildman–Crippen LogP) is 2.37. The van der Waals surface area contributed by atoms with E-state index >= 15 is 0 Å². The van der Waals surface area contributed by atoms with Crippen LogP contribution in [0.4, 0.5) is 17.6 Å². The van der Waals surface area contributed by atoms with E-state index in [-0.39, 0.29) is 0 Å². The van der Waals surface area contributed by atoms with Gasteiger partial charge < -0.3 is 5.11 Å². The Balaban J connectivity index is 5.24. The summed E-state index contributed by atoms with van der Waals surface area (Å²) in [5.41, 5.74) is -4.17. The summed E-state index contributed by atoms with van der Waals surface area (Å²) >= 11 is 0. The van der Waals surface area contributed by atoms with Crippen LogP contribution in [0.3, 0.4) is 0 Å². The minimum atomic E-state index is -4.95. The largest absolute Gasteiger partial charge is 0.422 e. The molecule has 0 spiro atoms. The summed E-state index contributed by atoms with van der Waals surface area (Å²) in [6.45, 7) is 5.99. The Morgan fingerprint density at radius 1 is 1.43 bits per heavy atom. The Hall–Kier alpha value is -1.17. The van der Waals surface area contributed by atoms with Gasteiger partial charge in [0.15, 0.2) is 5.60 Å². The quantitative estimate of drug-likeness (QED) is 0.434. The third-order valence-corrected chi connectivity index (χ3v) is 1.51. The highest BCUT2D eigenvalue weighted by Crippen LogP contribution is 2.36. The molecule has 14 heavy (non-hydrogen) atoms. The van der Waals surface area contributed by atoms with Crippen LogP contribution in [-0.4, -0.2) is 23.6 Å². The van der Waals surface area contributed by atoms with Crippen LogP contribution in [0.25, 0.3) is 0 Å². The van der Waals surface area contributed by atoms with Crippen molar-refractivity contribution in [1.29, 1.82) is 0 Å². The zero-order valence-corrected chi connectivity index (χ0v) is 7.40. The number of aliphatic hydroxyl groups is 1. The van der Waals surface area contributed by atoms with Gasteiger partial charge in [0.25, 0.3) is 0 Å². The van der Waals surface area contributed by atoms with Crippen molar-refractivity contribution in [3.63, 3.8) is 0 Å². The topological polar surface area (TPSA) is 32.6 Å². The van der Waals surface area contributed by atoms with Crippen molar-refractivity contribution in [2.24, 2.45) is 4.99 Å². The smallest absolute Gasteiger partial charge is 0.375 e. The summed E-state index contributed by atoms with van der Waals surface area (Å²) in [6.07, 6.45) is -4.57. The highest BCUT2D eigenvalue weighted by molar-refractivity contribution is 5.35. The van der Waals surface area contributed by atoms with Gasteiger partial charge in [-0.2, -0.15) is 13.2 Å². The van der Waals surface area contributed by atoms with E-state index in [9.17, 15) is 17.6 Å². The monoisotopic (exact) mass is 211 g/mol. The minimum Gasteiger partial charge on any atom is -0.375 e. The first kappa shape index (κ1) is 12.8. The van der Waals surface area contributed by atoms with E-state index in [1.807, 2.05) is 0 Å². The lowest BCUT2D eigenvalue weighted by atomic mass is 10.0. The third-order valence-electron chi connectivity index (χ3n) is 1.51. The van der Waals surface area contributed by atoms with Gasteiger partial charge in [0.2, 0.25) is 0 Å². The summed E-state index contributed by atoms with van der Waals surface area (Å²) in [5, 5.41) is 9.02. The van der Waals surface area contributed by atoms with Gasteiger partial charge in [-0.15, -0.1) is 0 Å². The van der Waals surface area contributed by atoms with Crippen LogP contribution >= 0.6 is 0 Å². The summed E-state index contributed by atoms with van der Waals surface area (Å²) in [7, 11) is 0. The number of alkyl halides is 3. The molecule has 0 radical (unpaired) electrons. The van der Waals surface area contributed by atoms with Crippen LogP contribution in [0.5, 0.6) is 0 Å². The van der Waals surface area contributed by atoms with Gasteiger partial charge in [-0.25, -0.2) is 4.39 Å².